The van der Waals surface area contributed by atoms with Gasteiger partial charge in [0.1, 0.15) is 0 Å². The Morgan fingerprint density at radius 3 is 2.41 bits per heavy atom. The molecule has 98 valence electrons. The molecule has 0 bridgehead atoms. The molecule has 0 aliphatic carbocycles. The molecular formula is C9H14ClIN2O4. The van der Waals surface area contributed by atoms with Gasteiger partial charge in [-0.25, -0.2) is 20.0 Å². The molecule has 1 N–H and O–H groups in total. The largest absolute Gasteiger partial charge is 0.449 e. The molecule has 17 heavy (non-hydrogen) atoms. The fourth-order valence-corrected chi connectivity index (χ4v) is 1.22. The summed E-state index contributed by atoms with van der Waals surface area (Å²) in [6.45, 7) is 3.87. The highest BCUT2D eigenvalue weighted by atomic mass is 127. The lowest BCUT2D eigenvalue weighted by Crippen LogP contribution is -2.47. The van der Waals surface area contributed by atoms with Crippen LogP contribution in [0.4, 0.5) is 9.59 Å². The molecule has 6 nitrogen and oxygen atoms in total. The van der Waals surface area contributed by atoms with Crippen LogP contribution in [-0.2, 0) is 9.47 Å². The van der Waals surface area contributed by atoms with Crippen molar-refractivity contribution in [3.63, 3.8) is 0 Å². The number of hydrogen-bond donors (Lipinski definition) is 1. The number of nitrogens with one attached hydrogen (secondary N) is 1. The van der Waals surface area contributed by atoms with Crippen molar-refractivity contribution in [3.05, 3.63) is 9.12 Å². The molecule has 0 aromatic heterocycles. The van der Waals surface area contributed by atoms with Crippen LogP contribution in [0, 0.1) is 0 Å². The third-order valence-corrected chi connectivity index (χ3v) is 2.70. The molecule has 0 rings (SSSR count). The van der Waals surface area contributed by atoms with Crippen molar-refractivity contribution in [2.75, 3.05) is 19.8 Å². The van der Waals surface area contributed by atoms with Gasteiger partial charge >= 0.3 is 12.2 Å². The minimum absolute atomic E-state index is 0.113. The Labute approximate surface area is 118 Å². The van der Waals surface area contributed by atoms with Crippen LogP contribution in [-0.4, -0.2) is 37.0 Å². The van der Waals surface area contributed by atoms with Gasteiger partial charge in [0.25, 0.3) is 0 Å². The molecule has 0 aromatic rings. The molecule has 0 aliphatic rings. The summed E-state index contributed by atoms with van der Waals surface area (Å²) < 4.78 is 10.1. The lowest BCUT2D eigenvalue weighted by molar-refractivity contribution is 0.0790. The minimum atomic E-state index is -0.723. The van der Waals surface area contributed by atoms with E-state index < -0.39 is 12.2 Å². The highest BCUT2D eigenvalue weighted by Crippen LogP contribution is 2.09. The molecule has 0 fully saturated rings. The molecule has 0 heterocycles. The van der Waals surface area contributed by atoms with Crippen LogP contribution in [0.5, 0.6) is 0 Å². The van der Waals surface area contributed by atoms with Crippen LogP contribution in [0.25, 0.3) is 0 Å². The average molecular weight is 377 g/mol. The molecule has 0 aliphatic heterocycles. The van der Waals surface area contributed by atoms with Crippen LogP contribution in [0.3, 0.4) is 0 Å². The lowest BCUT2D eigenvalue weighted by atomic mass is 10.6. The Hall–Kier alpha value is -0.700. The number of carbonyl (C=O) groups excluding carboxylic acids is 2. The summed E-state index contributed by atoms with van der Waals surface area (Å²) in [5, 5.41) is 0.988. The van der Waals surface area contributed by atoms with Crippen molar-refractivity contribution in [2.45, 2.75) is 13.8 Å². The van der Waals surface area contributed by atoms with E-state index in [9.17, 15) is 9.59 Å². The molecule has 0 saturated heterocycles. The minimum Gasteiger partial charge on any atom is -0.449 e. The van der Waals surface area contributed by atoms with Crippen LogP contribution in [0.1, 0.15) is 13.8 Å². The fraction of sp³-hybridized carbons (Fsp3) is 0.556. The molecule has 0 aromatic carbocycles. The van der Waals surface area contributed by atoms with Gasteiger partial charge in [-0.2, -0.15) is 0 Å². The van der Waals surface area contributed by atoms with E-state index >= 15 is 0 Å². The number of nitrogens with zero attached hydrogens (tertiary/aromatic N) is 1. The van der Waals surface area contributed by atoms with Gasteiger partial charge in [-0.3, -0.25) is 0 Å². The maximum atomic E-state index is 11.5. The number of carbonyl (C=O) groups is 2. The van der Waals surface area contributed by atoms with E-state index in [0.29, 0.717) is 3.58 Å². The SMILES string of the molecule is CCOC(=O)NN(C/C(I)=C\Cl)C(=O)OCC. The molecule has 0 atom stereocenters. The van der Waals surface area contributed by atoms with Crippen molar-refractivity contribution in [1.29, 1.82) is 0 Å². The number of hydrazine groups is 1. The monoisotopic (exact) mass is 376 g/mol. The number of rotatable bonds is 4. The maximum Gasteiger partial charge on any atom is 0.429 e. The van der Waals surface area contributed by atoms with Gasteiger partial charge in [0, 0.05) is 9.12 Å². The molecule has 0 saturated carbocycles. The van der Waals surface area contributed by atoms with E-state index in [2.05, 4.69) is 10.2 Å². The zero-order chi connectivity index (χ0) is 13.3. The second-order valence-electron chi connectivity index (χ2n) is 2.67. The van der Waals surface area contributed by atoms with Gasteiger partial charge < -0.3 is 9.47 Å². The van der Waals surface area contributed by atoms with Crippen molar-refractivity contribution >= 4 is 46.4 Å². The van der Waals surface area contributed by atoms with Gasteiger partial charge in [0.05, 0.1) is 19.8 Å². The summed E-state index contributed by atoms with van der Waals surface area (Å²) in [7, 11) is 0. The van der Waals surface area contributed by atoms with Gasteiger partial charge in [-0.05, 0) is 36.4 Å². The Kier molecular flexibility index (Phi) is 8.96. The number of ether oxygens (including phenoxy) is 2. The summed E-state index contributed by atoms with van der Waals surface area (Å²) in [5.74, 6) is 0. The highest BCUT2D eigenvalue weighted by Gasteiger charge is 2.18. The number of hydrogen-bond acceptors (Lipinski definition) is 4. The standard InChI is InChI=1S/C9H14ClIN2O4/c1-3-16-8(14)12-13(6-7(11)5-10)9(15)17-4-2/h5H,3-4,6H2,1-2H3,(H,12,14)/b7-5+. The summed E-state index contributed by atoms with van der Waals surface area (Å²) in [5.41, 5.74) is 3.57. The second-order valence-corrected chi connectivity index (χ2v) is 4.28. The van der Waals surface area contributed by atoms with E-state index in [1.807, 2.05) is 22.6 Å². The van der Waals surface area contributed by atoms with Crippen molar-refractivity contribution in [3.8, 4) is 0 Å². The molecule has 8 heteroatoms. The Morgan fingerprint density at radius 1 is 1.35 bits per heavy atom. The predicted molar refractivity (Wildman–Crippen MR) is 71.8 cm³/mol. The van der Waals surface area contributed by atoms with E-state index in [0.717, 1.165) is 5.01 Å². The van der Waals surface area contributed by atoms with Crippen molar-refractivity contribution < 1.29 is 19.1 Å². The van der Waals surface area contributed by atoms with Crippen LogP contribution < -0.4 is 5.43 Å². The van der Waals surface area contributed by atoms with Crippen molar-refractivity contribution in [1.82, 2.24) is 10.4 Å². The molecule has 0 unspecified atom stereocenters. The van der Waals surface area contributed by atoms with E-state index in [-0.39, 0.29) is 19.8 Å². The molecular weight excluding hydrogens is 362 g/mol. The number of halogens is 2. The second kappa shape index (κ2) is 9.34. The fourth-order valence-electron chi connectivity index (χ4n) is 0.810. The number of amides is 2. The lowest BCUT2D eigenvalue weighted by Gasteiger charge is -2.21. The first-order chi connectivity index (χ1) is 8.04. The van der Waals surface area contributed by atoms with Crippen LogP contribution in [0.15, 0.2) is 9.12 Å². The maximum absolute atomic E-state index is 11.5. The van der Waals surface area contributed by atoms with E-state index in [1.54, 1.807) is 13.8 Å². The van der Waals surface area contributed by atoms with Crippen LogP contribution >= 0.6 is 34.2 Å². The summed E-state index contributed by atoms with van der Waals surface area (Å²) >= 11 is 7.42. The van der Waals surface area contributed by atoms with Gasteiger partial charge in [0.15, 0.2) is 0 Å². The van der Waals surface area contributed by atoms with Gasteiger partial charge in [0.2, 0.25) is 0 Å². The quantitative estimate of drug-likeness (QED) is 0.605. The van der Waals surface area contributed by atoms with Gasteiger partial charge in [-0.15, -0.1) is 0 Å². The molecule has 0 radical (unpaired) electrons. The molecule has 2 amide bonds. The van der Waals surface area contributed by atoms with E-state index in [1.165, 1.54) is 5.54 Å². The molecule has 0 spiro atoms. The summed E-state index contributed by atoms with van der Waals surface area (Å²) in [6, 6.07) is 0. The van der Waals surface area contributed by atoms with Crippen molar-refractivity contribution in [2.24, 2.45) is 0 Å². The van der Waals surface area contributed by atoms with Crippen LogP contribution in [0.2, 0.25) is 0 Å². The Morgan fingerprint density at radius 2 is 1.94 bits per heavy atom. The Bertz CT molecular complexity index is 299. The zero-order valence-corrected chi connectivity index (χ0v) is 12.4. The zero-order valence-electron chi connectivity index (χ0n) is 9.53. The topological polar surface area (TPSA) is 67.9 Å². The van der Waals surface area contributed by atoms with E-state index in [4.69, 9.17) is 16.3 Å². The summed E-state index contributed by atoms with van der Waals surface area (Å²) in [4.78, 5) is 22.7. The first-order valence-electron chi connectivity index (χ1n) is 4.87. The normalized spacial score (nSPS) is 10.7. The first-order valence-corrected chi connectivity index (χ1v) is 6.39. The third-order valence-electron chi connectivity index (χ3n) is 1.42. The first kappa shape index (κ1) is 16.3. The Balaban J connectivity index is 4.50. The average Bonchev–Trinajstić information content (AvgIpc) is 2.28. The smallest absolute Gasteiger partial charge is 0.429 e. The van der Waals surface area contributed by atoms with Gasteiger partial charge in [-0.1, -0.05) is 11.6 Å². The third kappa shape index (κ3) is 7.27. The highest BCUT2D eigenvalue weighted by molar-refractivity contribution is 14.1. The summed E-state index contributed by atoms with van der Waals surface area (Å²) in [6.07, 6.45) is -1.40. The predicted octanol–water partition coefficient (Wildman–Crippen LogP) is 2.62.